The minimum atomic E-state index is 0.393. The smallest absolute Gasteiger partial charge is 0.108 e. The summed E-state index contributed by atoms with van der Waals surface area (Å²) in [4.78, 5) is 17.1. The first kappa shape index (κ1) is 19.0. The van der Waals surface area contributed by atoms with E-state index in [1.807, 2.05) is 17.5 Å². The van der Waals surface area contributed by atoms with Gasteiger partial charge in [-0.1, -0.05) is 12.1 Å². The number of piperazine rings is 1. The molecule has 1 fully saturated rings. The van der Waals surface area contributed by atoms with Gasteiger partial charge in [0.05, 0.1) is 34.2 Å². The van der Waals surface area contributed by atoms with Crippen LogP contribution in [0.1, 0.15) is 35.1 Å². The molecular formula is C23H29N5S. The molecule has 2 aliphatic rings. The molecule has 5 nitrogen and oxygen atoms in total. The second-order valence-electron chi connectivity index (χ2n) is 8.39. The lowest BCUT2D eigenvalue weighted by Crippen LogP contribution is -2.44. The highest BCUT2D eigenvalue weighted by Crippen LogP contribution is 2.36. The maximum Gasteiger partial charge on any atom is 0.108 e. The summed E-state index contributed by atoms with van der Waals surface area (Å²) in [5.41, 5.74) is 5.17. The normalized spacial score (nSPS) is 20.4. The monoisotopic (exact) mass is 407 g/mol. The Morgan fingerprint density at radius 3 is 2.86 bits per heavy atom. The number of pyridine rings is 1. The Balaban J connectivity index is 1.38. The highest BCUT2D eigenvalue weighted by atomic mass is 32.1. The number of benzene rings is 1. The van der Waals surface area contributed by atoms with Crippen molar-refractivity contribution in [2.24, 2.45) is 0 Å². The Hall–Kier alpha value is -2.02. The number of fused-ring (bicyclic) bond motifs is 2. The number of nitrogens with zero attached hydrogens (tertiary/aromatic N) is 5. The van der Waals surface area contributed by atoms with E-state index in [9.17, 15) is 0 Å². The van der Waals surface area contributed by atoms with Gasteiger partial charge in [0, 0.05) is 32.4 Å². The molecule has 152 valence electrons. The molecule has 5 rings (SSSR count). The molecule has 6 heteroatoms. The number of aromatic nitrogens is 2. The van der Waals surface area contributed by atoms with Crippen molar-refractivity contribution in [3.63, 3.8) is 0 Å². The molecule has 1 saturated heterocycles. The van der Waals surface area contributed by atoms with Gasteiger partial charge >= 0.3 is 0 Å². The summed E-state index contributed by atoms with van der Waals surface area (Å²) in [6.45, 7) is 5.31. The molecule has 1 aliphatic carbocycles. The van der Waals surface area contributed by atoms with Gasteiger partial charge in [-0.25, -0.2) is 4.98 Å². The summed E-state index contributed by atoms with van der Waals surface area (Å²) >= 11 is 1.86. The molecule has 0 radical (unpaired) electrons. The fraction of sp³-hybridized carbons (Fsp3) is 0.478. The van der Waals surface area contributed by atoms with Crippen molar-refractivity contribution in [1.82, 2.24) is 19.8 Å². The summed E-state index contributed by atoms with van der Waals surface area (Å²) in [7, 11) is 4.43. The first-order chi connectivity index (χ1) is 14.2. The Morgan fingerprint density at radius 2 is 2.00 bits per heavy atom. The van der Waals surface area contributed by atoms with Crippen LogP contribution in [0, 0.1) is 0 Å². The molecule has 1 unspecified atom stereocenters. The molecule has 0 amide bonds. The van der Waals surface area contributed by atoms with E-state index in [2.05, 4.69) is 59.1 Å². The summed E-state index contributed by atoms with van der Waals surface area (Å²) in [5, 5.41) is 1.20. The Kier molecular flexibility index (Phi) is 5.24. The lowest BCUT2D eigenvalue weighted by molar-refractivity contribution is 0.208. The summed E-state index contributed by atoms with van der Waals surface area (Å²) in [5.74, 6) is 0. The van der Waals surface area contributed by atoms with Crippen molar-refractivity contribution in [3.05, 3.63) is 52.8 Å². The van der Waals surface area contributed by atoms with Gasteiger partial charge in [-0.05, 0) is 57.1 Å². The molecule has 1 aliphatic heterocycles. The second-order valence-corrected chi connectivity index (χ2v) is 9.48. The van der Waals surface area contributed by atoms with E-state index in [0.29, 0.717) is 6.04 Å². The minimum absolute atomic E-state index is 0.393. The Bertz CT molecular complexity index is 992. The van der Waals surface area contributed by atoms with Crippen LogP contribution in [-0.4, -0.2) is 60.0 Å². The van der Waals surface area contributed by atoms with Crippen LogP contribution in [0.2, 0.25) is 0 Å². The van der Waals surface area contributed by atoms with E-state index in [-0.39, 0.29) is 0 Å². The number of hydrogen-bond donors (Lipinski definition) is 0. The van der Waals surface area contributed by atoms with Crippen molar-refractivity contribution < 1.29 is 0 Å². The Labute approximate surface area is 177 Å². The van der Waals surface area contributed by atoms with E-state index in [1.54, 1.807) is 0 Å². The molecular weight excluding hydrogens is 378 g/mol. The van der Waals surface area contributed by atoms with Gasteiger partial charge in [-0.3, -0.25) is 9.88 Å². The van der Waals surface area contributed by atoms with E-state index in [4.69, 9.17) is 9.97 Å². The largest absolute Gasteiger partial charge is 0.368 e. The summed E-state index contributed by atoms with van der Waals surface area (Å²) in [6.07, 6.45) is 5.51. The zero-order valence-electron chi connectivity index (χ0n) is 17.3. The predicted molar refractivity (Wildman–Crippen MR) is 121 cm³/mol. The molecule has 3 aromatic rings. The van der Waals surface area contributed by atoms with E-state index >= 15 is 0 Å². The van der Waals surface area contributed by atoms with Crippen molar-refractivity contribution in [1.29, 1.82) is 0 Å². The average molecular weight is 408 g/mol. The van der Waals surface area contributed by atoms with Gasteiger partial charge in [-0.2, -0.15) is 0 Å². The van der Waals surface area contributed by atoms with Crippen LogP contribution in [0.25, 0.3) is 10.2 Å². The van der Waals surface area contributed by atoms with Gasteiger partial charge in [0.25, 0.3) is 0 Å². The van der Waals surface area contributed by atoms with Crippen LogP contribution in [0.5, 0.6) is 0 Å². The number of thiazole rings is 1. The van der Waals surface area contributed by atoms with Crippen LogP contribution in [0.3, 0.4) is 0 Å². The van der Waals surface area contributed by atoms with Gasteiger partial charge in [0.1, 0.15) is 5.01 Å². The molecule has 1 atom stereocenters. The molecule has 0 saturated carbocycles. The van der Waals surface area contributed by atoms with Crippen molar-refractivity contribution in [2.45, 2.75) is 31.8 Å². The maximum absolute atomic E-state index is 4.99. The van der Waals surface area contributed by atoms with Gasteiger partial charge in [0.2, 0.25) is 0 Å². The number of hydrogen-bond acceptors (Lipinski definition) is 6. The molecule has 0 spiro atoms. The van der Waals surface area contributed by atoms with Crippen LogP contribution >= 0.6 is 11.3 Å². The third kappa shape index (κ3) is 3.77. The fourth-order valence-corrected chi connectivity index (χ4v) is 5.85. The van der Waals surface area contributed by atoms with Crippen LogP contribution in [-0.2, 0) is 13.0 Å². The highest BCUT2D eigenvalue weighted by molar-refractivity contribution is 7.19. The van der Waals surface area contributed by atoms with Gasteiger partial charge in [0.15, 0.2) is 0 Å². The Morgan fingerprint density at radius 1 is 1.14 bits per heavy atom. The summed E-state index contributed by atoms with van der Waals surface area (Å²) in [6, 6.07) is 11.3. The molecule has 0 N–H and O–H groups in total. The van der Waals surface area contributed by atoms with Crippen LogP contribution in [0.4, 0.5) is 5.69 Å². The lowest BCUT2D eigenvalue weighted by Gasteiger charge is -2.34. The number of anilines is 1. The number of aryl methyl sites for hydroxylation is 1. The summed E-state index contributed by atoms with van der Waals surface area (Å²) < 4.78 is 1.34. The third-order valence-corrected chi connectivity index (χ3v) is 7.44. The quantitative estimate of drug-likeness (QED) is 0.654. The molecule has 0 bridgehead atoms. The van der Waals surface area contributed by atoms with E-state index in [0.717, 1.165) is 44.7 Å². The third-order valence-electron chi connectivity index (χ3n) is 6.36. The average Bonchev–Trinajstić information content (AvgIpc) is 3.16. The lowest BCUT2D eigenvalue weighted by atomic mass is 9.91. The maximum atomic E-state index is 4.99. The van der Waals surface area contributed by atoms with Gasteiger partial charge < -0.3 is 9.80 Å². The highest BCUT2D eigenvalue weighted by Gasteiger charge is 2.26. The van der Waals surface area contributed by atoms with Crippen LogP contribution < -0.4 is 4.90 Å². The van der Waals surface area contributed by atoms with Crippen LogP contribution in [0.15, 0.2) is 36.5 Å². The van der Waals surface area contributed by atoms with Crippen molar-refractivity contribution in [2.75, 3.05) is 45.2 Å². The molecule has 29 heavy (non-hydrogen) atoms. The fourth-order valence-electron chi connectivity index (χ4n) is 4.68. The first-order valence-corrected chi connectivity index (χ1v) is 11.5. The van der Waals surface area contributed by atoms with E-state index < -0.39 is 0 Å². The topological polar surface area (TPSA) is 35.5 Å². The molecule has 3 heterocycles. The predicted octanol–water partition coefficient (Wildman–Crippen LogP) is 3.95. The zero-order valence-corrected chi connectivity index (χ0v) is 18.2. The van der Waals surface area contributed by atoms with Crippen molar-refractivity contribution >= 4 is 27.2 Å². The molecule has 2 aromatic heterocycles. The standard InChI is InChI=1S/C23H29N5S/c1-26-12-14-28(15-13-26)20-10-4-8-18-23(20)29-21(25-18)16-27(2)19-9-3-6-17-7-5-11-24-22(17)19/h4-5,7-8,10-11,19H,3,6,9,12-16H2,1-2H3. The second kappa shape index (κ2) is 8.01. The first-order valence-electron chi connectivity index (χ1n) is 10.6. The number of rotatable bonds is 4. The zero-order chi connectivity index (χ0) is 19.8. The minimum Gasteiger partial charge on any atom is -0.368 e. The van der Waals surface area contributed by atoms with Crippen molar-refractivity contribution in [3.8, 4) is 0 Å². The van der Waals surface area contributed by atoms with E-state index in [1.165, 1.54) is 39.5 Å². The molecule has 1 aromatic carbocycles. The SMILES string of the molecule is CN1CCN(c2cccc3nc(CN(C)C4CCCc5cccnc54)sc23)CC1. The number of likely N-dealkylation sites (N-methyl/N-ethyl adjacent to an activating group) is 1. The van der Waals surface area contributed by atoms with Gasteiger partial charge in [-0.15, -0.1) is 11.3 Å².